The quantitative estimate of drug-likeness (QED) is 0.306. The molecule has 0 atom stereocenters. The van der Waals surface area contributed by atoms with Crippen molar-refractivity contribution in [1.82, 2.24) is 9.55 Å². The van der Waals surface area contributed by atoms with Gasteiger partial charge in [0, 0.05) is 16.6 Å². The Morgan fingerprint density at radius 1 is 1.21 bits per heavy atom. The molecule has 3 aromatic heterocycles. The van der Waals surface area contributed by atoms with Crippen LogP contribution >= 0.6 is 23.1 Å². The van der Waals surface area contributed by atoms with Crippen LogP contribution in [0.4, 0.5) is 14.5 Å². The molecular weight excluding hydrogens is 468 g/mol. The standard InChI is InChI=1S/C23H19F2N3O3S2/c24-16-8-7-13(10-17(16)25)26-19(29)12-32-23-27-21-20(15-5-1-2-6-18(15)33-21)22(30)28(23)11-14-4-3-9-31-14/h3-4,7-10H,1-2,5-6,11-12H2,(H,26,29). The molecule has 33 heavy (non-hydrogen) atoms. The number of carbonyl (C=O) groups excluding carboxylic acids is 1. The van der Waals surface area contributed by atoms with E-state index in [0.29, 0.717) is 21.1 Å². The molecule has 5 rings (SSSR count). The zero-order chi connectivity index (χ0) is 22.9. The van der Waals surface area contributed by atoms with E-state index in [1.165, 1.54) is 15.5 Å². The number of nitrogens with one attached hydrogen (secondary N) is 1. The molecule has 0 radical (unpaired) electrons. The molecular formula is C23H19F2N3O3S2. The van der Waals surface area contributed by atoms with Crippen LogP contribution in [-0.4, -0.2) is 21.2 Å². The lowest BCUT2D eigenvalue weighted by atomic mass is 9.97. The van der Waals surface area contributed by atoms with E-state index in [1.807, 2.05) is 0 Å². The number of furan rings is 1. The van der Waals surface area contributed by atoms with Crippen molar-refractivity contribution in [2.45, 2.75) is 37.4 Å². The summed E-state index contributed by atoms with van der Waals surface area (Å²) in [6.45, 7) is 0.201. The largest absolute Gasteiger partial charge is 0.467 e. The van der Waals surface area contributed by atoms with Crippen LogP contribution in [0.3, 0.4) is 0 Å². The Balaban J connectivity index is 1.45. The molecule has 1 aromatic carbocycles. The third kappa shape index (κ3) is 4.45. The summed E-state index contributed by atoms with van der Waals surface area (Å²) in [6.07, 6.45) is 5.52. The first-order valence-electron chi connectivity index (χ1n) is 10.4. The molecule has 3 heterocycles. The number of aryl methyl sites for hydroxylation is 2. The van der Waals surface area contributed by atoms with Gasteiger partial charge in [0.05, 0.1) is 23.9 Å². The van der Waals surface area contributed by atoms with Crippen LogP contribution in [0, 0.1) is 11.6 Å². The second-order valence-electron chi connectivity index (χ2n) is 7.72. The molecule has 1 amide bonds. The van der Waals surface area contributed by atoms with Gasteiger partial charge in [0.15, 0.2) is 16.8 Å². The Kier molecular flexibility index (Phi) is 6.03. The van der Waals surface area contributed by atoms with Crippen molar-refractivity contribution in [2.24, 2.45) is 0 Å². The van der Waals surface area contributed by atoms with Gasteiger partial charge >= 0.3 is 0 Å². The average Bonchev–Trinajstić information content (AvgIpc) is 3.44. The molecule has 0 aliphatic heterocycles. The normalized spacial score (nSPS) is 13.3. The van der Waals surface area contributed by atoms with E-state index in [2.05, 4.69) is 5.32 Å². The molecule has 0 saturated heterocycles. The second-order valence-corrected chi connectivity index (χ2v) is 9.75. The molecule has 10 heteroatoms. The molecule has 6 nitrogen and oxygen atoms in total. The first-order valence-corrected chi connectivity index (χ1v) is 12.2. The van der Waals surface area contributed by atoms with E-state index in [-0.39, 0.29) is 23.5 Å². The molecule has 1 N–H and O–H groups in total. The minimum Gasteiger partial charge on any atom is -0.467 e. The van der Waals surface area contributed by atoms with Crippen LogP contribution in [0.2, 0.25) is 0 Å². The van der Waals surface area contributed by atoms with Crippen LogP contribution < -0.4 is 10.9 Å². The highest BCUT2D eigenvalue weighted by Gasteiger charge is 2.23. The van der Waals surface area contributed by atoms with Crippen molar-refractivity contribution < 1.29 is 18.0 Å². The van der Waals surface area contributed by atoms with E-state index in [9.17, 15) is 18.4 Å². The van der Waals surface area contributed by atoms with Gasteiger partial charge in [-0.05, 0) is 55.5 Å². The average molecular weight is 488 g/mol. The highest BCUT2D eigenvalue weighted by molar-refractivity contribution is 7.99. The summed E-state index contributed by atoms with van der Waals surface area (Å²) in [5, 5.41) is 3.61. The molecule has 0 bridgehead atoms. The number of rotatable bonds is 6. The Morgan fingerprint density at radius 3 is 2.85 bits per heavy atom. The van der Waals surface area contributed by atoms with Crippen LogP contribution in [0.15, 0.2) is 51.0 Å². The van der Waals surface area contributed by atoms with Gasteiger partial charge in [-0.15, -0.1) is 11.3 Å². The Labute approximate surface area is 195 Å². The fraction of sp³-hybridized carbons (Fsp3) is 0.261. The van der Waals surface area contributed by atoms with Gasteiger partial charge in [0.1, 0.15) is 10.6 Å². The van der Waals surface area contributed by atoms with Gasteiger partial charge in [-0.2, -0.15) is 0 Å². The van der Waals surface area contributed by atoms with Crippen LogP contribution in [-0.2, 0) is 24.2 Å². The van der Waals surface area contributed by atoms with Crippen molar-refractivity contribution in [3.05, 3.63) is 74.8 Å². The number of carbonyl (C=O) groups is 1. The number of thioether (sulfide) groups is 1. The lowest BCUT2D eigenvalue weighted by Crippen LogP contribution is -2.25. The minimum atomic E-state index is -1.04. The number of thiophene rings is 1. The summed E-state index contributed by atoms with van der Waals surface area (Å²) in [5.74, 6) is -1.90. The number of anilines is 1. The molecule has 0 saturated carbocycles. The molecule has 0 spiro atoms. The predicted octanol–water partition coefficient (Wildman–Crippen LogP) is 4.99. The zero-order valence-electron chi connectivity index (χ0n) is 17.4. The summed E-state index contributed by atoms with van der Waals surface area (Å²) < 4.78 is 33.5. The maximum atomic E-state index is 13.5. The van der Waals surface area contributed by atoms with Crippen molar-refractivity contribution in [3.63, 3.8) is 0 Å². The molecule has 170 valence electrons. The first kappa shape index (κ1) is 21.8. The highest BCUT2D eigenvalue weighted by Crippen LogP contribution is 2.34. The van der Waals surface area contributed by atoms with E-state index in [1.54, 1.807) is 29.7 Å². The summed E-state index contributed by atoms with van der Waals surface area (Å²) in [5.41, 5.74) is 1.11. The van der Waals surface area contributed by atoms with Gasteiger partial charge in [0.25, 0.3) is 5.56 Å². The van der Waals surface area contributed by atoms with Gasteiger partial charge in [-0.1, -0.05) is 11.8 Å². The summed E-state index contributed by atoms with van der Waals surface area (Å²) in [7, 11) is 0. The number of nitrogens with zero attached hydrogens (tertiary/aromatic N) is 2. The van der Waals surface area contributed by atoms with E-state index in [0.717, 1.165) is 55.1 Å². The van der Waals surface area contributed by atoms with Gasteiger partial charge in [0.2, 0.25) is 5.91 Å². The molecule has 1 aliphatic rings. The van der Waals surface area contributed by atoms with Crippen molar-refractivity contribution in [3.8, 4) is 0 Å². The summed E-state index contributed by atoms with van der Waals surface area (Å²) in [6, 6.07) is 6.69. The third-order valence-corrected chi connectivity index (χ3v) is 7.63. The van der Waals surface area contributed by atoms with E-state index < -0.39 is 17.5 Å². The van der Waals surface area contributed by atoms with E-state index in [4.69, 9.17) is 9.40 Å². The maximum Gasteiger partial charge on any atom is 0.263 e. The number of fused-ring (bicyclic) bond motifs is 3. The summed E-state index contributed by atoms with van der Waals surface area (Å²) in [4.78, 5) is 32.6. The molecule has 0 fully saturated rings. The minimum absolute atomic E-state index is 0.0554. The highest BCUT2D eigenvalue weighted by atomic mass is 32.2. The Morgan fingerprint density at radius 2 is 2.06 bits per heavy atom. The van der Waals surface area contributed by atoms with Crippen LogP contribution in [0.1, 0.15) is 29.0 Å². The van der Waals surface area contributed by atoms with Crippen molar-refractivity contribution in [2.75, 3.05) is 11.1 Å². The maximum absolute atomic E-state index is 13.5. The number of halogens is 2. The van der Waals surface area contributed by atoms with E-state index >= 15 is 0 Å². The van der Waals surface area contributed by atoms with Gasteiger partial charge in [-0.25, -0.2) is 13.8 Å². The zero-order valence-corrected chi connectivity index (χ0v) is 19.0. The number of hydrogen-bond acceptors (Lipinski definition) is 6. The summed E-state index contributed by atoms with van der Waals surface area (Å²) >= 11 is 2.66. The predicted molar refractivity (Wildman–Crippen MR) is 124 cm³/mol. The Bertz CT molecular complexity index is 1400. The monoisotopic (exact) mass is 487 g/mol. The SMILES string of the molecule is O=C(CSc1nc2sc3c(c2c(=O)n1Cc1ccco1)CCCC3)Nc1ccc(F)c(F)c1. The molecule has 0 unspecified atom stereocenters. The fourth-order valence-corrected chi connectivity index (χ4v) is 6.03. The van der Waals surface area contributed by atoms with Crippen molar-refractivity contribution >= 4 is 44.9 Å². The molecule has 1 aliphatic carbocycles. The van der Waals surface area contributed by atoms with Crippen LogP contribution in [0.5, 0.6) is 0 Å². The number of aromatic nitrogens is 2. The smallest absolute Gasteiger partial charge is 0.263 e. The number of amides is 1. The third-order valence-electron chi connectivity index (χ3n) is 5.47. The fourth-order valence-electron chi connectivity index (χ4n) is 3.93. The lowest BCUT2D eigenvalue weighted by molar-refractivity contribution is -0.113. The first-order chi connectivity index (χ1) is 16.0. The lowest BCUT2D eigenvalue weighted by Gasteiger charge is -2.13. The topological polar surface area (TPSA) is 77.1 Å². The number of hydrogen-bond donors (Lipinski definition) is 1. The van der Waals surface area contributed by atoms with Crippen molar-refractivity contribution in [1.29, 1.82) is 0 Å². The van der Waals surface area contributed by atoms with Gasteiger partial charge in [-0.3, -0.25) is 14.2 Å². The Hall–Kier alpha value is -2.98. The number of benzene rings is 1. The second kappa shape index (κ2) is 9.11. The van der Waals surface area contributed by atoms with Crippen LogP contribution in [0.25, 0.3) is 10.2 Å². The van der Waals surface area contributed by atoms with Gasteiger partial charge < -0.3 is 9.73 Å². The molecule has 4 aromatic rings.